The number of carbonyl (C=O) groups is 2. The fraction of sp³-hybridized carbons (Fsp3) is 0.333. The molecule has 0 spiro atoms. The van der Waals surface area contributed by atoms with Crippen molar-refractivity contribution in [1.82, 2.24) is 4.90 Å². The lowest BCUT2D eigenvalue weighted by atomic mass is 9.89. The summed E-state index contributed by atoms with van der Waals surface area (Å²) in [6.07, 6.45) is 0. The predicted molar refractivity (Wildman–Crippen MR) is 108 cm³/mol. The summed E-state index contributed by atoms with van der Waals surface area (Å²) in [4.78, 5) is 27.6. The Morgan fingerprint density at radius 3 is 2.41 bits per heavy atom. The number of hydrogen-bond donors (Lipinski definition) is 1. The molecule has 2 amide bonds. The van der Waals surface area contributed by atoms with Crippen LogP contribution in [0.3, 0.4) is 0 Å². The third-order valence-corrected chi connectivity index (χ3v) is 4.63. The van der Waals surface area contributed by atoms with Crippen LogP contribution in [0.5, 0.6) is 5.75 Å². The van der Waals surface area contributed by atoms with Crippen molar-refractivity contribution in [2.45, 2.75) is 27.3 Å². The van der Waals surface area contributed by atoms with E-state index in [4.69, 9.17) is 16.3 Å². The summed E-state index contributed by atoms with van der Waals surface area (Å²) in [7, 11) is 1.51. The first-order valence-corrected chi connectivity index (χ1v) is 9.15. The van der Waals surface area contributed by atoms with Crippen molar-refractivity contribution in [2.24, 2.45) is 5.41 Å². The maximum Gasteiger partial charge on any atom is 0.239 e. The summed E-state index contributed by atoms with van der Waals surface area (Å²) in [5.41, 5.74) is 0.195. The van der Waals surface area contributed by atoms with Gasteiger partial charge in [-0.05, 0) is 44.5 Å². The van der Waals surface area contributed by atoms with Gasteiger partial charge in [0.2, 0.25) is 11.8 Å². The third kappa shape index (κ3) is 5.01. The summed E-state index contributed by atoms with van der Waals surface area (Å²) in [6, 6.07) is 14.6. The Bertz CT molecular complexity index is 806. The summed E-state index contributed by atoms with van der Waals surface area (Å²) in [5, 5.41) is 3.24. The zero-order chi connectivity index (χ0) is 20.0. The molecule has 0 aromatic heterocycles. The minimum absolute atomic E-state index is 0.243. The van der Waals surface area contributed by atoms with Crippen molar-refractivity contribution < 1.29 is 14.3 Å². The highest BCUT2D eigenvalue weighted by atomic mass is 35.5. The Kier molecular flexibility index (Phi) is 6.86. The normalized spacial score (nSPS) is 11.0. The van der Waals surface area contributed by atoms with Gasteiger partial charge in [-0.2, -0.15) is 0 Å². The molecule has 0 aliphatic heterocycles. The highest BCUT2D eigenvalue weighted by Crippen LogP contribution is 2.30. The van der Waals surface area contributed by atoms with Crippen molar-refractivity contribution in [3.63, 3.8) is 0 Å². The van der Waals surface area contributed by atoms with Crippen LogP contribution in [-0.2, 0) is 16.1 Å². The number of nitrogens with zero attached hydrogens (tertiary/aromatic N) is 1. The molecule has 0 bridgehead atoms. The molecule has 0 saturated heterocycles. The molecule has 2 rings (SSSR count). The van der Waals surface area contributed by atoms with Gasteiger partial charge in [-0.25, -0.2) is 0 Å². The summed E-state index contributed by atoms with van der Waals surface area (Å²) < 4.78 is 5.25. The van der Waals surface area contributed by atoms with Crippen molar-refractivity contribution in [2.75, 3.05) is 19.0 Å². The lowest BCUT2D eigenvalue weighted by Gasteiger charge is -2.30. The molecular weight excluding hydrogens is 364 g/mol. The number of rotatable bonds is 7. The molecule has 0 aliphatic rings. The van der Waals surface area contributed by atoms with E-state index in [0.717, 1.165) is 5.56 Å². The Labute approximate surface area is 165 Å². The molecule has 6 heteroatoms. The molecule has 2 aromatic rings. The van der Waals surface area contributed by atoms with Crippen molar-refractivity contribution >= 4 is 29.1 Å². The highest BCUT2D eigenvalue weighted by molar-refractivity contribution is 6.31. The molecule has 5 nitrogen and oxygen atoms in total. The lowest BCUT2D eigenvalue weighted by Crippen LogP contribution is -2.47. The van der Waals surface area contributed by atoms with Gasteiger partial charge in [0.1, 0.15) is 11.2 Å². The number of halogens is 1. The molecule has 27 heavy (non-hydrogen) atoms. The third-order valence-electron chi connectivity index (χ3n) is 4.40. The molecule has 144 valence electrons. The van der Waals surface area contributed by atoms with Crippen LogP contribution >= 0.6 is 11.6 Å². The molecule has 1 N–H and O–H groups in total. The quantitative estimate of drug-likeness (QED) is 0.717. The van der Waals surface area contributed by atoms with Gasteiger partial charge < -0.3 is 15.0 Å². The van der Waals surface area contributed by atoms with Gasteiger partial charge in [0.05, 0.1) is 12.8 Å². The Morgan fingerprint density at radius 1 is 1.15 bits per heavy atom. The molecule has 0 unspecified atom stereocenters. The fourth-order valence-corrected chi connectivity index (χ4v) is 2.85. The van der Waals surface area contributed by atoms with E-state index in [1.807, 2.05) is 37.3 Å². The van der Waals surface area contributed by atoms with E-state index >= 15 is 0 Å². The van der Waals surface area contributed by atoms with E-state index in [1.165, 1.54) is 7.11 Å². The molecule has 0 atom stereocenters. The molecule has 2 aromatic carbocycles. The molecule has 0 heterocycles. The van der Waals surface area contributed by atoms with E-state index in [9.17, 15) is 9.59 Å². The van der Waals surface area contributed by atoms with E-state index in [2.05, 4.69) is 5.32 Å². The number of benzene rings is 2. The SMILES string of the molecule is CCN(Cc1ccccc1)C(=O)C(C)(C)C(=O)Nc1cc(Cl)ccc1OC. The second-order valence-electron chi connectivity index (χ2n) is 6.73. The van der Waals surface area contributed by atoms with Crippen molar-refractivity contribution in [3.8, 4) is 5.75 Å². The largest absolute Gasteiger partial charge is 0.495 e. The van der Waals surface area contributed by atoms with Gasteiger partial charge in [-0.3, -0.25) is 9.59 Å². The van der Waals surface area contributed by atoms with Crippen LogP contribution in [0.1, 0.15) is 26.3 Å². The van der Waals surface area contributed by atoms with Gasteiger partial charge in [0, 0.05) is 18.1 Å². The molecule has 0 radical (unpaired) electrons. The van der Waals surface area contributed by atoms with Gasteiger partial charge in [-0.15, -0.1) is 0 Å². The zero-order valence-corrected chi connectivity index (χ0v) is 16.8. The van der Waals surface area contributed by atoms with Crippen LogP contribution in [0.2, 0.25) is 5.02 Å². The highest BCUT2D eigenvalue weighted by Gasteiger charge is 2.39. The van der Waals surface area contributed by atoms with E-state index in [-0.39, 0.29) is 5.91 Å². The second-order valence-corrected chi connectivity index (χ2v) is 7.17. The fourth-order valence-electron chi connectivity index (χ4n) is 2.68. The maximum absolute atomic E-state index is 13.1. The first-order chi connectivity index (χ1) is 12.8. The van der Waals surface area contributed by atoms with Crippen LogP contribution in [0, 0.1) is 5.41 Å². The topological polar surface area (TPSA) is 58.6 Å². The monoisotopic (exact) mass is 388 g/mol. The molecular formula is C21H25ClN2O3. The summed E-state index contributed by atoms with van der Waals surface area (Å²) >= 11 is 6.02. The predicted octanol–water partition coefficient (Wildman–Crippen LogP) is 4.36. The number of nitrogens with one attached hydrogen (secondary N) is 1. The van der Waals surface area contributed by atoms with Crippen LogP contribution in [0.4, 0.5) is 5.69 Å². The van der Waals surface area contributed by atoms with Crippen LogP contribution in [0.15, 0.2) is 48.5 Å². The lowest BCUT2D eigenvalue weighted by molar-refractivity contribution is -0.146. The number of hydrogen-bond acceptors (Lipinski definition) is 3. The first-order valence-electron chi connectivity index (χ1n) is 8.78. The average Bonchev–Trinajstić information content (AvgIpc) is 2.66. The van der Waals surface area contributed by atoms with E-state index in [1.54, 1.807) is 36.9 Å². The summed E-state index contributed by atoms with van der Waals surface area (Å²) in [5.74, 6) is -0.181. The smallest absolute Gasteiger partial charge is 0.239 e. The molecule has 0 aliphatic carbocycles. The summed E-state index contributed by atoms with van der Waals surface area (Å²) in [6.45, 7) is 6.10. The van der Waals surface area contributed by atoms with Gasteiger partial charge in [0.15, 0.2) is 0 Å². The maximum atomic E-state index is 13.1. The van der Waals surface area contributed by atoms with Crippen molar-refractivity contribution in [3.05, 3.63) is 59.1 Å². The van der Waals surface area contributed by atoms with Crippen LogP contribution in [0.25, 0.3) is 0 Å². The number of ether oxygens (including phenoxy) is 1. The average molecular weight is 389 g/mol. The van der Waals surface area contributed by atoms with E-state index in [0.29, 0.717) is 29.5 Å². The standard InChI is InChI=1S/C21H25ClN2O3/c1-5-24(14-15-9-7-6-8-10-15)20(26)21(2,3)19(25)23-17-13-16(22)11-12-18(17)27-4/h6-13H,5,14H2,1-4H3,(H,23,25). The van der Waals surface area contributed by atoms with Crippen LogP contribution < -0.4 is 10.1 Å². The Balaban J connectivity index is 2.18. The number of anilines is 1. The Hall–Kier alpha value is -2.53. The second kappa shape index (κ2) is 8.91. The minimum Gasteiger partial charge on any atom is -0.495 e. The first kappa shape index (κ1) is 20.8. The zero-order valence-electron chi connectivity index (χ0n) is 16.1. The minimum atomic E-state index is -1.25. The van der Waals surface area contributed by atoms with E-state index < -0.39 is 11.3 Å². The number of methoxy groups -OCH3 is 1. The van der Waals surface area contributed by atoms with Gasteiger partial charge >= 0.3 is 0 Å². The number of carbonyl (C=O) groups excluding carboxylic acids is 2. The Morgan fingerprint density at radius 2 is 1.81 bits per heavy atom. The number of amides is 2. The van der Waals surface area contributed by atoms with Gasteiger partial charge in [0.25, 0.3) is 0 Å². The molecule has 0 fully saturated rings. The van der Waals surface area contributed by atoms with Crippen LogP contribution in [-0.4, -0.2) is 30.4 Å². The van der Waals surface area contributed by atoms with Gasteiger partial charge in [-0.1, -0.05) is 41.9 Å². The van der Waals surface area contributed by atoms with Crippen molar-refractivity contribution in [1.29, 1.82) is 0 Å². The molecule has 0 saturated carbocycles.